The highest BCUT2D eigenvalue weighted by Gasteiger charge is 2.09. The van der Waals surface area contributed by atoms with Gasteiger partial charge in [0.25, 0.3) is 5.56 Å². The van der Waals surface area contributed by atoms with Gasteiger partial charge in [-0.05, 0) is 36.9 Å². The Labute approximate surface area is 138 Å². The summed E-state index contributed by atoms with van der Waals surface area (Å²) in [6.45, 7) is 0.977. The molecule has 0 spiro atoms. The van der Waals surface area contributed by atoms with Crippen LogP contribution < -0.4 is 10.3 Å². The lowest BCUT2D eigenvalue weighted by atomic mass is 10.2. The van der Waals surface area contributed by atoms with Crippen molar-refractivity contribution in [3.8, 4) is 5.75 Å². The Hall–Kier alpha value is -2.73. The predicted molar refractivity (Wildman–Crippen MR) is 90.5 cm³/mol. The summed E-state index contributed by atoms with van der Waals surface area (Å²) >= 11 is 0. The van der Waals surface area contributed by atoms with E-state index in [4.69, 9.17) is 4.74 Å². The van der Waals surface area contributed by atoms with Gasteiger partial charge in [-0.2, -0.15) is 0 Å². The van der Waals surface area contributed by atoms with E-state index in [1.165, 1.54) is 13.2 Å². The van der Waals surface area contributed by atoms with Gasteiger partial charge in [-0.15, -0.1) is 0 Å². The SMILES string of the molecule is COc1ccc(CN(C)Cc2nc3ccccc3c(=O)[nH]2)cc1F. The van der Waals surface area contributed by atoms with Crippen LogP contribution in [0.1, 0.15) is 11.4 Å². The van der Waals surface area contributed by atoms with Crippen LogP contribution in [0.2, 0.25) is 0 Å². The number of nitrogens with one attached hydrogen (secondary N) is 1. The van der Waals surface area contributed by atoms with Gasteiger partial charge in [-0.3, -0.25) is 9.69 Å². The molecule has 0 amide bonds. The Morgan fingerprint density at radius 2 is 2.00 bits per heavy atom. The third-order valence-electron chi connectivity index (χ3n) is 3.75. The zero-order valence-electron chi connectivity index (χ0n) is 13.5. The molecule has 1 heterocycles. The van der Waals surface area contributed by atoms with Gasteiger partial charge < -0.3 is 9.72 Å². The van der Waals surface area contributed by atoms with Crippen LogP contribution in [0.4, 0.5) is 4.39 Å². The summed E-state index contributed by atoms with van der Waals surface area (Å²) in [7, 11) is 3.32. The number of methoxy groups -OCH3 is 1. The van der Waals surface area contributed by atoms with Crippen molar-refractivity contribution in [2.24, 2.45) is 0 Å². The third-order valence-corrected chi connectivity index (χ3v) is 3.75. The van der Waals surface area contributed by atoms with Crippen molar-refractivity contribution in [3.05, 3.63) is 70.0 Å². The van der Waals surface area contributed by atoms with Crippen LogP contribution in [0, 0.1) is 5.82 Å². The van der Waals surface area contributed by atoms with Crippen molar-refractivity contribution in [1.82, 2.24) is 14.9 Å². The normalized spacial score (nSPS) is 11.2. The molecule has 24 heavy (non-hydrogen) atoms. The van der Waals surface area contributed by atoms with Crippen molar-refractivity contribution >= 4 is 10.9 Å². The number of hydrogen-bond acceptors (Lipinski definition) is 4. The molecule has 0 unspecified atom stereocenters. The number of H-pyrrole nitrogens is 1. The van der Waals surface area contributed by atoms with Crippen molar-refractivity contribution in [3.63, 3.8) is 0 Å². The lowest BCUT2D eigenvalue weighted by Gasteiger charge is -2.16. The molecular formula is C18H18FN3O2. The number of benzene rings is 2. The Balaban J connectivity index is 1.76. The quantitative estimate of drug-likeness (QED) is 0.783. The molecule has 0 aliphatic heterocycles. The second kappa shape index (κ2) is 6.80. The molecule has 124 valence electrons. The molecule has 3 rings (SSSR count). The smallest absolute Gasteiger partial charge is 0.258 e. The highest BCUT2D eigenvalue weighted by atomic mass is 19.1. The molecule has 1 aromatic heterocycles. The second-order valence-corrected chi connectivity index (χ2v) is 5.67. The lowest BCUT2D eigenvalue weighted by molar-refractivity contribution is 0.309. The molecule has 0 atom stereocenters. The molecule has 5 nitrogen and oxygen atoms in total. The molecule has 0 saturated carbocycles. The first-order chi connectivity index (χ1) is 11.6. The van der Waals surface area contributed by atoms with E-state index in [2.05, 4.69) is 9.97 Å². The number of rotatable bonds is 5. The fraction of sp³-hybridized carbons (Fsp3) is 0.222. The predicted octanol–water partition coefficient (Wildman–Crippen LogP) is 2.70. The fourth-order valence-electron chi connectivity index (χ4n) is 2.64. The van der Waals surface area contributed by atoms with Gasteiger partial charge in [0.15, 0.2) is 11.6 Å². The van der Waals surface area contributed by atoms with E-state index in [9.17, 15) is 9.18 Å². The summed E-state index contributed by atoms with van der Waals surface area (Å²) in [6.07, 6.45) is 0. The molecule has 0 aliphatic carbocycles. The monoisotopic (exact) mass is 327 g/mol. The third kappa shape index (κ3) is 3.44. The van der Waals surface area contributed by atoms with E-state index in [0.717, 1.165) is 5.56 Å². The maximum atomic E-state index is 13.8. The highest BCUT2D eigenvalue weighted by Crippen LogP contribution is 2.18. The van der Waals surface area contributed by atoms with Gasteiger partial charge in [-0.25, -0.2) is 9.37 Å². The van der Waals surface area contributed by atoms with Crippen molar-refractivity contribution in [2.45, 2.75) is 13.1 Å². The standard InChI is InChI=1S/C18H18FN3O2/c1-22(10-12-7-8-16(24-2)14(19)9-12)11-17-20-15-6-4-3-5-13(15)18(23)21-17/h3-9H,10-11H2,1-2H3,(H,20,21,23). The first-order valence-corrected chi connectivity index (χ1v) is 7.55. The molecular weight excluding hydrogens is 309 g/mol. The zero-order chi connectivity index (χ0) is 17.1. The number of halogens is 1. The summed E-state index contributed by atoms with van der Waals surface area (Å²) in [6, 6.07) is 12.1. The number of para-hydroxylation sites is 1. The lowest BCUT2D eigenvalue weighted by Crippen LogP contribution is -2.21. The molecule has 1 N–H and O–H groups in total. The molecule has 0 bridgehead atoms. The average molecular weight is 327 g/mol. The van der Waals surface area contributed by atoms with Gasteiger partial charge in [-0.1, -0.05) is 18.2 Å². The minimum atomic E-state index is -0.388. The summed E-state index contributed by atoms with van der Waals surface area (Å²) in [5.41, 5.74) is 1.33. The van der Waals surface area contributed by atoms with E-state index in [1.807, 2.05) is 36.2 Å². The van der Waals surface area contributed by atoms with Gasteiger partial charge >= 0.3 is 0 Å². The van der Waals surface area contributed by atoms with Crippen LogP contribution in [0.15, 0.2) is 47.3 Å². The van der Waals surface area contributed by atoms with Crippen LogP contribution in [-0.4, -0.2) is 29.0 Å². The Morgan fingerprint density at radius 3 is 2.75 bits per heavy atom. The van der Waals surface area contributed by atoms with Gasteiger partial charge in [0, 0.05) is 6.54 Å². The molecule has 0 fully saturated rings. The van der Waals surface area contributed by atoms with E-state index in [-0.39, 0.29) is 17.1 Å². The van der Waals surface area contributed by atoms with Crippen molar-refractivity contribution < 1.29 is 9.13 Å². The number of ether oxygens (including phenoxy) is 1. The molecule has 0 aliphatic rings. The Bertz CT molecular complexity index is 924. The largest absolute Gasteiger partial charge is 0.494 e. The van der Waals surface area contributed by atoms with Gasteiger partial charge in [0.1, 0.15) is 5.82 Å². The molecule has 3 aromatic rings. The Kier molecular flexibility index (Phi) is 4.57. The summed E-state index contributed by atoms with van der Waals surface area (Å²) in [5.74, 6) is 0.415. The van der Waals surface area contributed by atoms with Crippen LogP contribution >= 0.6 is 0 Å². The summed E-state index contributed by atoms with van der Waals surface area (Å²) < 4.78 is 18.7. The topological polar surface area (TPSA) is 58.2 Å². The molecule has 0 radical (unpaired) electrons. The van der Waals surface area contributed by atoms with Crippen molar-refractivity contribution in [2.75, 3.05) is 14.2 Å². The molecule has 2 aromatic carbocycles. The summed E-state index contributed by atoms with van der Waals surface area (Å²) in [4.78, 5) is 21.3. The summed E-state index contributed by atoms with van der Waals surface area (Å²) in [5, 5.41) is 0.570. The van der Waals surface area contributed by atoms with Gasteiger partial charge in [0.05, 0.1) is 24.6 Å². The highest BCUT2D eigenvalue weighted by molar-refractivity contribution is 5.77. The first-order valence-electron chi connectivity index (χ1n) is 7.55. The molecule has 6 heteroatoms. The fourth-order valence-corrected chi connectivity index (χ4v) is 2.64. The van der Waals surface area contributed by atoms with E-state index < -0.39 is 0 Å². The maximum Gasteiger partial charge on any atom is 0.258 e. The van der Waals surface area contributed by atoms with Crippen LogP contribution in [0.25, 0.3) is 10.9 Å². The minimum Gasteiger partial charge on any atom is -0.494 e. The first kappa shape index (κ1) is 16.1. The Morgan fingerprint density at radius 1 is 1.21 bits per heavy atom. The van der Waals surface area contributed by atoms with E-state index in [0.29, 0.717) is 29.8 Å². The number of fused-ring (bicyclic) bond motifs is 1. The van der Waals surface area contributed by atoms with Crippen molar-refractivity contribution in [1.29, 1.82) is 0 Å². The number of nitrogens with zero attached hydrogens (tertiary/aromatic N) is 2. The molecule has 0 saturated heterocycles. The zero-order valence-corrected chi connectivity index (χ0v) is 13.5. The van der Waals surface area contributed by atoms with Crippen LogP contribution in [0.3, 0.4) is 0 Å². The maximum absolute atomic E-state index is 13.8. The number of aromatic nitrogens is 2. The van der Waals surface area contributed by atoms with Gasteiger partial charge in [0.2, 0.25) is 0 Å². The second-order valence-electron chi connectivity index (χ2n) is 5.67. The van der Waals surface area contributed by atoms with Crippen LogP contribution in [-0.2, 0) is 13.1 Å². The minimum absolute atomic E-state index is 0.153. The van der Waals surface area contributed by atoms with E-state index >= 15 is 0 Å². The van der Waals surface area contributed by atoms with Crippen LogP contribution in [0.5, 0.6) is 5.75 Å². The number of hydrogen-bond donors (Lipinski definition) is 1. The number of aromatic amines is 1. The van der Waals surface area contributed by atoms with E-state index in [1.54, 1.807) is 12.1 Å². The average Bonchev–Trinajstić information content (AvgIpc) is 2.55.